The third kappa shape index (κ3) is 3.72. The summed E-state index contributed by atoms with van der Waals surface area (Å²) in [6.45, 7) is 7.73. The molecule has 6 heteroatoms. The Morgan fingerprint density at radius 2 is 1.74 bits per heavy atom. The Morgan fingerprint density at radius 3 is 2.55 bits per heavy atom. The van der Waals surface area contributed by atoms with Gasteiger partial charge < -0.3 is 15.1 Å². The van der Waals surface area contributed by atoms with Crippen LogP contribution in [-0.2, 0) is 11.3 Å². The van der Waals surface area contributed by atoms with Gasteiger partial charge in [-0.3, -0.25) is 4.79 Å². The molecule has 0 aromatic heterocycles. The summed E-state index contributed by atoms with van der Waals surface area (Å²) in [5.41, 5.74) is 0.759. The number of nitrogens with zero attached hydrogens (tertiary/aromatic N) is 1. The zero-order chi connectivity index (χ0) is 21.4. The third-order valence-corrected chi connectivity index (χ3v) is 7.87. The highest BCUT2D eigenvalue weighted by Crippen LogP contribution is 2.37. The Balaban J connectivity index is 1.19. The fourth-order valence-electron chi connectivity index (χ4n) is 5.87. The lowest BCUT2D eigenvalue weighted by Crippen LogP contribution is -3.28. The Labute approximate surface area is 184 Å². The van der Waals surface area contributed by atoms with Gasteiger partial charge in [0.25, 0.3) is 5.91 Å². The second-order valence-corrected chi connectivity index (χ2v) is 9.75. The number of piperazine rings is 1. The quantitative estimate of drug-likeness (QED) is 0.632. The zero-order valence-electron chi connectivity index (χ0n) is 18.5. The van der Waals surface area contributed by atoms with Gasteiger partial charge in [-0.2, -0.15) is 0 Å². The Bertz CT molecular complexity index is 979. The molecule has 1 saturated carbocycles. The number of rotatable bonds is 4. The van der Waals surface area contributed by atoms with E-state index in [1.807, 2.05) is 0 Å². The second kappa shape index (κ2) is 8.24. The van der Waals surface area contributed by atoms with Crippen LogP contribution in [0.15, 0.2) is 42.5 Å². The van der Waals surface area contributed by atoms with Crippen LogP contribution in [0.5, 0.6) is 0 Å². The van der Waals surface area contributed by atoms with Crippen LogP contribution < -0.4 is 15.1 Å². The van der Waals surface area contributed by atoms with Gasteiger partial charge in [0.2, 0.25) is 0 Å². The van der Waals surface area contributed by atoms with Gasteiger partial charge in [0, 0.05) is 5.56 Å². The van der Waals surface area contributed by atoms with Gasteiger partial charge in [-0.05, 0) is 29.5 Å². The summed E-state index contributed by atoms with van der Waals surface area (Å²) in [6, 6.07) is 15.0. The van der Waals surface area contributed by atoms with Crippen LogP contribution in [-0.4, -0.2) is 55.2 Å². The summed E-state index contributed by atoms with van der Waals surface area (Å²) in [5.74, 6) is 0.238. The van der Waals surface area contributed by atoms with Crippen LogP contribution in [0, 0.1) is 5.92 Å². The molecule has 3 fully saturated rings. The molecule has 0 unspecified atom stereocenters. The van der Waals surface area contributed by atoms with E-state index >= 15 is 0 Å². The number of hydrogen-bond donors (Lipinski definition) is 3. The maximum atomic E-state index is 13.2. The van der Waals surface area contributed by atoms with E-state index in [0.29, 0.717) is 6.67 Å². The predicted molar refractivity (Wildman–Crippen MR) is 120 cm³/mol. The van der Waals surface area contributed by atoms with E-state index in [9.17, 15) is 9.59 Å². The van der Waals surface area contributed by atoms with Crippen molar-refractivity contribution < 1.29 is 19.4 Å². The van der Waals surface area contributed by atoms with Crippen molar-refractivity contribution >= 4 is 22.7 Å². The summed E-state index contributed by atoms with van der Waals surface area (Å²) in [6.07, 6.45) is 3.97. The zero-order valence-corrected chi connectivity index (χ0v) is 18.5. The molecule has 2 aromatic carbocycles. The van der Waals surface area contributed by atoms with Gasteiger partial charge in [-0.15, -0.1) is 0 Å². The fraction of sp³-hybridized carbons (Fsp3) is 0.520. The summed E-state index contributed by atoms with van der Waals surface area (Å²) in [4.78, 5) is 30.3. The Kier molecular flexibility index (Phi) is 5.44. The lowest BCUT2D eigenvalue weighted by atomic mass is 9.73. The monoisotopic (exact) mass is 422 g/mol. The standard InChI is InChI=1S/C25H32N4O2/c1-19-7-4-5-12-25(19)23(30)29(24(31)26-25)18-28-15-13-27(14-16-28)17-21-10-6-9-20-8-2-3-11-22(20)21/h2-3,6,8-11,19H,4-5,7,12-18H2,1H3,(H,26,31)/p+2/t19-,25-/m1/s1. The maximum absolute atomic E-state index is 13.2. The molecule has 3 aliphatic rings. The lowest BCUT2D eigenvalue weighted by Gasteiger charge is -2.37. The van der Waals surface area contributed by atoms with E-state index in [2.05, 4.69) is 54.7 Å². The van der Waals surface area contributed by atoms with Crippen molar-refractivity contribution in [1.82, 2.24) is 10.2 Å². The molecule has 164 valence electrons. The van der Waals surface area contributed by atoms with Crippen molar-refractivity contribution in [1.29, 1.82) is 0 Å². The van der Waals surface area contributed by atoms with Crippen LogP contribution in [0.25, 0.3) is 10.8 Å². The van der Waals surface area contributed by atoms with Gasteiger partial charge in [-0.25, -0.2) is 9.69 Å². The molecule has 0 bridgehead atoms. The van der Waals surface area contributed by atoms with E-state index < -0.39 is 5.54 Å². The molecule has 3 N–H and O–H groups in total. The van der Waals surface area contributed by atoms with Crippen molar-refractivity contribution in [2.24, 2.45) is 5.92 Å². The Hall–Kier alpha value is -2.44. The predicted octanol–water partition coefficient (Wildman–Crippen LogP) is 0.581. The van der Waals surface area contributed by atoms with Crippen molar-refractivity contribution in [3.8, 4) is 0 Å². The van der Waals surface area contributed by atoms with Crippen LogP contribution in [0.2, 0.25) is 0 Å². The first kappa shape index (κ1) is 20.5. The van der Waals surface area contributed by atoms with Crippen LogP contribution >= 0.6 is 0 Å². The van der Waals surface area contributed by atoms with Gasteiger partial charge in [0.1, 0.15) is 38.3 Å². The van der Waals surface area contributed by atoms with Crippen molar-refractivity contribution in [3.05, 3.63) is 48.0 Å². The van der Waals surface area contributed by atoms with E-state index in [0.717, 1.165) is 58.4 Å². The third-order valence-electron chi connectivity index (χ3n) is 7.87. The fourth-order valence-corrected chi connectivity index (χ4v) is 5.87. The average Bonchev–Trinajstić information content (AvgIpc) is 3.02. The molecule has 1 spiro atoms. The molecule has 0 radical (unpaired) electrons. The Morgan fingerprint density at radius 1 is 1.00 bits per heavy atom. The van der Waals surface area contributed by atoms with Crippen LogP contribution in [0.1, 0.15) is 38.2 Å². The van der Waals surface area contributed by atoms with Crippen molar-refractivity contribution in [2.75, 3.05) is 32.8 Å². The van der Waals surface area contributed by atoms with Crippen molar-refractivity contribution in [3.63, 3.8) is 0 Å². The summed E-state index contributed by atoms with van der Waals surface area (Å²) in [7, 11) is 0. The smallest absolute Gasteiger partial charge is 0.323 e. The first-order chi connectivity index (χ1) is 15.1. The second-order valence-electron chi connectivity index (χ2n) is 9.75. The van der Waals surface area contributed by atoms with Crippen LogP contribution in [0.4, 0.5) is 4.79 Å². The first-order valence-electron chi connectivity index (χ1n) is 11.8. The molecule has 1 aliphatic carbocycles. The molecule has 5 rings (SSSR count). The minimum Gasteiger partial charge on any atom is -0.323 e. The highest BCUT2D eigenvalue weighted by molar-refractivity contribution is 6.07. The van der Waals surface area contributed by atoms with Crippen molar-refractivity contribution in [2.45, 2.75) is 44.7 Å². The van der Waals surface area contributed by atoms with E-state index in [1.54, 1.807) is 4.90 Å². The molecular weight excluding hydrogens is 388 g/mol. The number of carbonyl (C=O) groups excluding carboxylic acids is 2. The SMILES string of the molecule is C[C@@H]1CCCC[C@@]12NC(=O)N(C[NH+]1CC[NH+](Cc3cccc4ccccc34)CC1)C2=O. The van der Waals surface area contributed by atoms with E-state index in [1.165, 1.54) is 26.1 Å². The van der Waals surface area contributed by atoms with E-state index in [4.69, 9.17) is 0 Å². The molecular formula is C25H34N4O2+2. The number of hydrogen-bond acceptors (Lipinski definition) is 2. The highest BCUT2D eigenvalue weighted by Gasteiger charge is 2.55. The molecule has 2 aliphatic heterocycles. The largest absolute Gasteiger partial charge is 0.329 e. The molecule has 2 aromatic rings. The molecule has 3 amide bonds. The van der Waals surface area contributed by atoms with Gasteiger partial charge in [0.05, 0.1) is 0 Å². The number of urea groups is 1. The minimum absolute atomic E-state index is 0.0164. The number of imide groups is 1. The van der Waals surface area contributed by atoms with Gasteiger partial charge in [0.15, 0.2) is 6.67 Å². The van der Waals surface area contributed by atoms with Crippen LogP contribution in [0.3, 0.4) is 0 Å². The van der Waals surface area contributed by atoms with Gasteiger partial charge in [-0.1, -0.05) is 62.2 Å². The molecule has 2 heterocycles. The summed E-state index contributed by atoms with van der Waals surface area (Å²) >= 11 is 0. The first-order valence-corrected chi connectivity index (χ1v) is 11.8. The number of quaternary nitrogens is 2. The average molecular weight is 423 g/mol. The number of nitrogens with one attached hydrogen (secondary N) is 3. The molecule has 31 heavy (non-hydrogen) atoms. The maximum Gasteiger partial charge on any atom is 0.329 e. The number of amides is 3. The summed E-state index contributed by atoms with van der Waals surface area (Å²) in [5, 5.41) is 5.73. The van der Waals surface area contributed by atoms with Gasteiger partial charge >= 0.3 is 6.03 Å². The highest BCUT2D eigenvalue weighted by atomic mass is 16.2. The molecule has 2 saturated heterocycles. The molecule has 2 atom stereocenters. The lowest BCUT2D eigenvalue weighted by molar-refractivity contribution is -1.02. The van der Waals surface area contributed by atoms with E-state index in [-0.39, 0.29) is 17.9 Å². The summed E-state index contributed by atoms with van der Waals surface area (Å²) < 4.78 is 0. The normalized spacial score (nSPS) is 31.4. The molecule has 6 nitrogen and oxygen atoms in total. The number of carbonyl (C=O) groups is 2. The topological polar surface area (TPSA) is 58.3 Å². The number of fused-ring (bicyclic) bond motifs is 1. The number of benzene rings is 2. The minimum atomic E-state index is -0.643.